The number of carbonyl (C=O) groups excluding carboxylic acids is 5. The Labute approximate surface area is 338 Å². The van der Waals surface area contributed by atoms with Crippen LogP contribution in [0.1, 0.15) is 101 Å². The molecule has 1 aliphatic carbocycles. The van der Waals surface area contributed by atoms with Gasteiger partial charge in [-0.3, -0.25) is 34.2 Å². The fraction of sp³-hybridized carbons (Fsp3) is 0.442. The molecule has 14 heteroatoms. The number of imide groups is 2. The van der Waals surface area contributed by atoms with Crippen LogP contribution in [0.15, 0.2) is 60.7 Å². The van der Waals surface area contributed by atoms with E-state index in [0.717, 1.165) is 80.9 Å². The van der Waals surface area contributed by atoms with Crippen LogP contribution in [0.2, 0.25) is 5.02 Å². The summed E-state index contributed by atoms with van der Waals surface area (Å²) in [6.45, 7) is 6.20. The monoisotopic (exact) mass is 792 g/mol. The molecule has 3 heterocycles. The van der Waals surface area contributed by atoms with Crippen LogP contribution in [-0.4, -0.2) is 91.3 Å². The van der Waals surface area contributed by atoms with Gasteiger partial charge in [0.2, 0.25) is 11.8 Å². The first-order chi connectivity index (χ1) is 27.6. The molecule has 4 aliphatic rings. The maximum atomic E-state index is 13.2. The van der Waals surface area contributed by atoms with Crippen molar-refractivity contribution in [1.82, 2.24) is 20.9 Å². The molecule has 4 N–H and O–H groups in total. The van der Waals surface area contributed by atoms with E-state index in [1.165, 1.54) is 0 Å². The van der Waals surface area contributed by atoms with Crippen LogP contribution >= 0.6 is 11.6 Å². The summed E-state index contributed by atoms with van der Waals surface area (Å²) >= 11 is 6.36. The molecule has 3 aromatic carbocycles. The molecule has 57 heavy (non-hydrogen) atoms. The molecular formula is C43H49ClN8O5. The number of rotatable bonds is 13. The van der Waals surface area contributed by atoms with Crippen LogP contribution in [-0.2, 0) is 9.59 Å². The van der Waals surface area contributed by atoms with Gasteiger partial charge in [-0.1, -0.05) is 18.5 Å². The number of amides is 5. The molecule has 0 radical (unpaired) electrons. The number of carbonyl (C=O) groups is 5. The van der Waals surface area contributed by atoms with Gasteiger partial charge in [-0.15, -0.1) is 0 Å². The van der Waals surface area contributed by atoms with Gasteiger partial charge in [-0.2, -0.15) is 5.26 Å². The van der Waals surface area contributed by atoms with Crippen LogP contribution in [0.4, 0.5) is 17.1 Å². The topological polar surface area (TPSA) is 167 Å². The second kappa shape index (κ2) is 17.8. The van der Waals surface area contributed by atoms with E-state index >= 15 is 0 Å². The molecule has 1 saturated carbocycles. The zero-order chi connectivity index (χ0) is 40.1. The highest BCUT2D eigenvalue weighted by atomic mass is 35.5. The Morgan fingerprint density at radius 3 is 2.30 bits per heavy atom. The van der Waals surface area contributed by atoms with Crippen LogP contribution in [0.3, 0.4) is 0 Å². The quantitative estimate of drug-likeness (QED) is 0.133. The SMILES string of the molecule is CCCN(c1ccc(C#N)c(Cl)c1)C1CCC(NC(=O)c2ccc(N3CCC(NCCNc4ccc5c(c4)C(=O)N(C4CCC(=O)NC4=O)C5=O)CC3)cc2)CC1. The highest BCUT2D eigenvalue weighted by Crippen LogP contribution is 2.32. The standard InChI is InChI=1S/C43H49ClN8O5/c1-2-21-51(34-11-5-28(26-45)37(44)25-34)33-12-6-30(7-13-33)48-40(54)27-3-9-32(10-4-27)50-22-17-29(18-23-50)46-19-20-47-31-8-14-35-36(24-31)43(57)52(42(35)56)38-15-16-39(53)49-41(38)55/h3-5,8-11,14,24-25,29-30,33,38,46-47H,2,6-7,12-13,15-23H2,1H3,(H,48,54)(H,49,53,55). The zero-order valence-corrected chi connectivity index (χ0v) is 32.9. The van der Waals surface area contributed by atoms with Crippen molar-refractivity contribution < 1.29 is 24.0 Å². The van der Waals surface area contributed by atoms with E-state index < -0.39 is 29.7 Å². The summed E-state index contributed by atoms with van der Waals surface area (Å²) in [7, 11) is 0. The Balaban J connectivity index is 0.816. The van der Waals surface area contributed by atoms with E-state index in [0.29, 0.717) is 47.0 Å². The summed E-state index contributed by atoms with van der Waals surface area (Å²) in [6, 6.07) is 20.6. The van der Waals surface area contributed by atoms with E-state index in [2.05, 4.69) is 44.1 Å². The second-order valence-corrected chi connectivity index (χ2v) is 15.8. The van der Waals surface area contributed by atoms with Gasteiger partial charge in [0, 0.05) is 79.9 Å². The van der Waals surface area contributed by atoms with Crippen LogP contribution in [0, 0.1) is 11.3 Å². The molecule has 0 bridgehead atoms. The molecule has 5 amide bonds. The molecule has 3 fully saturated rings. The summed E-state index contributed by atoms with van der Waals surface area (Å²) < 4.78 is 0. The van der Waals surface area contributed by atoms with E-state index in [-0.39, 0.29) is 35.9 Å². The average Bonchev–Trinajstić information content (AvgIpc) is 3.47. The first-order valence-electron chi connectivity index (χ1n) is 20.1. The largest absolute Gasteiger partial charge is 0.384 e. The van der Waals surface area contributed by atoms with Gasteiger partial charge < -0.3 is 25.8 Å². The molecule has 2 saturated heterocycles. The van der Waals surface area contributed by atoms with Crippen LogP contribution in [0.25, 0.3) is 0 Å². The van der Waals surface area contributed by atoms with Gasteiger partial charge in [-0.25, -0.2) is 0 Å². The van der Waals surface area contributed by atoms with Gasteiger partial charge in [0.1, 0.15) is 12.1 Å². The molecule has 13 nitrogen and oxygen atoms in total. The predicted octanol–water partition coefficient (Wildman–Crippen LogP) is 5.24. The number of nitrogens with one attached hydrogen (secondary N) is 4. The van der Waals surface area contributed by atoms with Crippen LogP contribution < -0.4 is 31.1 Å². The van der Waals surface area contributed by atoms with Crippen molar-refractivity contribution in [2.45, 2.75) is 88.9 Å². The lowest BCUT2D eigenvalue weighted by atomic mass is 9.89. The van der Waals surface area contributed by atoms with E-state index in [9.17, 15) is 29.2 Å². The third kappa shape index (κ3) is 8.92. The number of nitrogens with zero attached hydrogens (tertiary/aromatic N) is 4. The highest BCUT2D eigenvalue weighted by molar-refractivity contribution is 6.32. The number of benzene rings is 3. The third-order valence-corrected chi connectivity index (χ3v) is 12.0. The summed E-state index contributed by atoms with van der Waals surface area (Å²) in [5.41, 5.74) is 4.51. The number of halogens is 1. The average molecular weight is 793 g/mol. The van der Waals surface area contributed by atoms with Crippen molar-refractivity contribution in [3.05, 3.63) is 87.9 Å². The van der Waals surface area contributed by atoms with Gasteiger partial charge in [0.25, 0.3) is 17.7 Å². The fourth-order valence-electron chi connectivity index (χ4n) is 8.57. The highest BCUT2D eigenvalue weighted by Gasteiger charge is 2.44. The maximum absolute atomic E-state index is 13.2. The van der Waals surface area contributed by atoms with E-state index in [1.54, 1.807) is 24.3 Å². The lowest BCUT2D eigenvalue weighted by molar-refractivity contribution is -0.136. The van der Waals surface area contributed by atoms with Gasteiger partial charge in [0.05, 0.1) is 21.7 Å². The smallest absolute Gasteiger partial charge is 0.262 e. The minimum Gasteiger partial charge on any atom is -0.384 e. The summed E-state index contributed by atoms with van der Waals surface area (Å²) in [6.07, 6.45) is 6.91. The van der Waals surface area contributed by atoms with Gasteiger partial charge in [-0.05, 0) is 112 Å². The Kier molecular flexibility index (Phi) is 12.4. The molecule has 1 unspecified atom stereocenters. The Morgan fingerprint density at radius 1 is 0.877 bits per heavy atom. The van der Waals surface area contributed by atoms with Crippen molar-refractivity contribution in [3.63, 3.8) is 0 Å². The van der Waals surface area contributed by atoms with E-state index in [4.69, 9.17) is 11.6 Å². The molecule has 7 rings (SSSR count). The van der Waals surface area contributed by atoms with Crippen molar-refractivity contribution in [2.24, 2.45) is 0 Å². The first kappa shape index (κ1) is 39.8. The zero-order valence-electron chi connectivity index (χ0n) is 32.2. The molecule has 0 spiro atoms. The van der Waals surface area contributed by atoms with Gasteiger partial charge in [0.15, 0.2) is 0 Å². The summed E-state index contributed by atoms with van der Waals surface area (Å²) in [5, 5.41) is 22.2. The Hall–Kier alpha value is -5.45. The van der Waals surface area contributed by atoms with E-state index in [1.807, 2.05) is 36.4 Å². The second-order valence-electron chi connectivity index (χ2n) is 15.3. The van der Waals surface area contributed by atoms with Crippen molar-refractivity contribution in [3.8, 4) is 6.07 Å². The van der Waals surface area contributed by atoms with Crippen molar-refractivity contribution in [2.75, 3.05) is 47.8 Å². The molecule has 3 aliphatic heterocycles. The molecular weight excluding hydrogens is 744 g/mol. The van der Waals surface area contributed by atoms with Gasteiger partial charge >= 0.3 is 0 Å². The normalized spacial score (nSPS) is 21.2. The van der Waals surface area contributed by atoms with Crippen molar-refractivity contribution in [1.29, 1.82) is 5.26 Å². The molecule has 298 valence electrons. The Bertz CT molecular complexity index is 2050. The number of piperidine rings is 2. The summed E-state index contributed by atoms with van der Waals surface area (Å²) in [4.78, 5) is 69.0. The lowest BCUT2D eigenvalue weighted by Gasteiger charge is -2.38. The number of nitriles is 1. The van der Waals surface area contributed by atoms with Crippen LogP contribution in [0.5, 0.6) is 0 Å². The molecule has 0 aromatic heterocycles. The first-order valence-corrected chi connectivity index (χ1v) is 20.5. The molecule has 1 atom stereocenters. The minimum atomic E-state index is -0.984. The fourth-order valence-corrected chi connectivity index (χ4v) is 8.78. The Morgan fingerprint density at radius 2 is 1.61 bits per heavy atom. The summed E-state index contributed by atoms with van der Waals surface area (Å²) in [5.74, 6) is -2.10. The number of hydrogen-bond acceptors (Lipinski definition) is 10. The number of fused-ring (bicyclic) bond motifs is 1. The number of anilines is 3. The third-order valence-electron chi connectivity index (χ3n) is 11.7. The minimum absolute atomic E-state index is 0.0417. The lowest BCUT2D eigenvalue weighted by Crippen LogP contribution is -2.54. The van der Waals surface area contributed by atoms with Crippen molar-refractivity contribution >= 4 is 58.2 Å². The number of hydrogen-bond donors (Lipinski definition) is 4. The molecule has 3 aromatic rings. The maximum Gasteiger partial charge on any atom is 0.262 e. The predicted molar refractivity (Wildman–Crippen MR) is 219 cm³/mol.